The van der Waals surface area contributed by atoms with Crippen molar-refractivity contribution in [2.24, 2.45) is 0 Å². The van der Waals surface area contributed by atoms with Gasteiger partial charge >= 0.3 is 43.4 Å². The third-order valence-corrected chi connectivity index (χ3v) is 11.0. The molecular weight excluding hydrogens is 784 g/mol. The van der Waals surface area contributed by atoms with Gasteiger partial charge in [-0.15, -0.1) is 26.4 Å². The normalized spacial score (nSPS) is 10.3. The third-order valence-electron chi connectivity index (χ3n) is 11.0. The molecule has 6 heteroatoms. The van der Waals surface area contributed by atoms with E-state index in [4.69, 9.17) is 0 Å². The molecule has 4 nitrogen and oxygen atoms in total. The minimum atomic E-state index is 0. The Morgan fingerprint density at radius 1 is 0.155 bits per heavy atom. The van der Waals surface area contributed by atoms with Crippen molar-refractivity contribution in [1.82, 2.24) is 0 Å². The molecule has 0 atom stereocenters. The smallest absolute Gasteiger partial charge is 0.854 e. The first-order chi connectivity index (χ1) is 27.7. The van der Waals surface area contributed by atoms with Gasteiger partial charge in [0.15, 0.2) is 0 Å². The summed E-state index contributed by atoms with van der Waals surface area (Å²) in [6, 6.07) is 0. The van der Waals surface area contributed by atoms with E-state index in [1.54, 1.807) is 0 Å². The van der Waals surface area contributed by atoms with Gasteiger partial charge in [0.05, 0.1) is 0 Å². The molecule has 0 aromatic heterocycles. The van der Waals surface area contributed by atoms with E-state index in [2.05, 4.69) is 27.7 Å². The average Bonchev–Trinajstić information content (AvgIpc) is 3.21. The molecule has 0 heterocycles. The summed E-state index contributed by atoms with van der Waals surface area (Å²) in [5.41, 5.74) is 0. The van der Waals surface area contributed by atoms with Crippen molar-refractivity contribution in [2.45, 2.75) is 310 Å². The Morgan fingerprint density at radius 3 is 0.328 bits per heavy atom. The van der Waals surface area contributed by atoms with Crippen LogP contribution in [-0.2, 0) is 43.4 Å². The first kappa shape index (κ1) is 70.9. The fraction of sp³-hybridized carbons (Fsp3) is 1.00. The molecule has 0 aliphatic carbocycles. The van der Waals surface area contributed by atoms with Crippen molar-refractivity contribution >= 4 is 0 Å². The summed E-state index contributed by atoms with van der Waals surface area (Å²) >= 11 is 0. The summed E-state index contributed by atoms with van der Waals surface area (Å²) in [6.45, 7) is 9.53. The zero-order valence-electron chi connectivity index (χ0n) is 40.6. The van der Waals surface area contributed by atoms with Gasteiger partial charge in [-0.1, -0.05) is 310 Å². The Labute approximate surface area is 398 Å². The first-order valence-corrected chi connectivity index (χ1v) is 26.0. The fourth-order valence-electron chi connectivity index (χ4n) is 7.07. The van der Waals surface area contributed by atoms with E-state index in [9.17, 15) is 20.4 Å². The quantitative estimate of drug-likeness (QED) is 0.0450. The minimum absolute atomic E-state index is 0. The molecule has 348 valence electrons. The second-order valence-corrected chi connectivity index (χ2v) is 17.0. The van der Waals surface area contributed by atoms with Gasteiger partial charge < -0.3 is 20.4 Å². The Hall–Kier alpha value is 1.27. The van der Waals surface area contributed by atoms with Gasteiger partial charge in [0.2, 0.25) is 0 Å². The van der Waals surface area contributed by atoms with E-state index in [0.29, 0.717) is 0 Å². The van der Waals surface area contributed by atoms with E-state index >= 15 is 0 Å². The molecule has 0 aliphatic rings. The van der Waals surface area contributed by atoms with Crippen LogP contribution in [0.1, 0.15) is 310 Å². The van der Waals surface area contributed by atoms with Crippen LogP contribution in [0.5, 0.6) is 0 Å². The van der Waals surface area contributed by atoms with Crippen molar-refractivity contribution in [3.63, 3.8) is 0 Å². The molecule has 0 fully saturated rings. The summed E-state index contributed by atoms with van der Waals surface area (Å²) in [7, 11) is 0. The number of unbranched alkanes of at least 4 members (excludes halogenated alkanes) is 40. The SMILES string of the molecule is CCCCCCCCCCCCC[O-].CCCCCCCCCCCCC[O-].CCCCCCCCCCCCC[O-].CCCCCCCCCCCCC[O-].[Ti+2].[Ti+2]. The maximum Gasteiger partial charge on any atom is 2.00 e. The van der Waals surface area contributed by atoms with Crippen LogP contribution in [0.2, 0.25) is 0 Å². The molecule has 0 radical (unpaired) electrons. The van der Waals surface area contributed by atoms with Crippen LogP contribution in [0, 0.1) is 0 Å². The second-order valence-electron chi connectivity index (χ2n) is 17.0. The average molecular weight is 893 g/mol. The summed E-state index contributed by atoms with van der Waals surface area (Å²) in [5.74, 6) is 0. The largest absolute Gasteiger partial charge is 2.00 e. The van der Waals surface area contributed by atoms with E-state index in [1.165, 1.54) is 231 Å². The van der Waals surface area contributed by atoms with Crippen molar-refractivity contribution in [3.8, 4) is 0 Å². The van der Waals surface area contributed by atoms with Gasteiger partial charge in [-0.25, -0.2) is 0 Å². The van der Waals surface area contributed by atoms with Crippen LogP contribution in [0.4, 0.5) is 0 Å². The molecule has 0 rings (SSSR count). The molecule has 0 spiro atoms. The molecule has 0 saturated carbocycles. The summed E-state index contributed by atoms with van der Waals surface area (Å²) < 4.78 is 0. The van der Waals surface area contributed by atoms with Gasteiger partial charge in [-0.2, -0.15) is 0 Å². The van der Waals surface area contributed by atoms with Crippen LogP contribution in [-0.4, -0.2) is 26.4 Å². The molecule has 0 bridgehead atoms. The van der Waals surface area contributed by atoms with E-state index in [-0.39, 0.29) is 69.9 Å². The van der Waals surface area contributed by atoms with Crippen LogP contribution in [0.3, 0.4) is 0 Å². The van der Waals surface area contributed by atoms with E-state index in [0.717, 1.165) is 51.4 Å². The third kappa shape index (κ3) is 88.5. The Balaban J connectivity index is -0.000000154. The maximum absolute atomic E-state index is 10.2. The number of hydrogen-bond acceptors (Lipinski definition) is 4. The number of hydrogen-bond donors (Lipinski definition) is 0. The topological polar surface area (TPSA) is 92.2 Å². The minimum Gasteiger partial charge on any atom is -0.854 e. The Kier molecular flexibility index (Phi) is 96.3. The van der Waals surface area contributed by atoms with E-state index in [1.807, 2.05) is 0 Å². The first-order valence-electron chi connectivity index (χ1n) is 26.0. The van der Waals surface area contributed by atoms with E-state index < -0.39 is 0 Å². The van der Waals surface area contributed by atoms with Crippen molar-refractivity contribution < 1.29 is 63.9 Å². The predicted molar refractivity (Wildman–Crippen MR) is 245 cm³/mol. The fourth-order valence-corrected chi connectivity index (χ4v) is 7.07. The molecule has 0 aromatic carbocycles. The standard InChI is InChI=1S/4C13H27O.2Ti/c4*1-2-3-4-5-6-7-8-9-10-11-12-13-14;;/h4*2-13H2,1H3;;/q4*-1;2*+2. The van der Waals surface area contributed by atoms with Crippen LogP contribution in [0.15, 0.2) is 0 Å². The molecule has 0 N–H and O–H groups in total. The number of rotatable bonds is 44. The van der Waals surface area contributed by atoms with Crippen LogP contribution in [0.25, 0.3) is 0 Å². The molecule has 0 saturated heterocycles. The van der Waals surface area contributed by atoms with Gasteiger partial charge in [0, 0.05) is 0 Å². The monoisotopic (exact) mass is 893 g/mol. The molecule has 0 amide bonds. The summed E-state index contributed by atoms with van der Waals surface area (Å²) in [4.78, 5) is 0. The van der Waals surface area contributed by atoms with Gasteiger partial charge in [0.1, 0.15) is 0 Å². The zero-order valence-corrected chi connectivity index (χ0v) is 43.7. The van der Waals surface area contributed by atoms with Crippen LogP contribution >= 0.6 is 0 Å². The molecule has 0 aromatic rings. The van der Waals surface area contributed by atoms with Crippen molar-refractivity contribution in [1.29, 1.82) is 0 Å². The molecular formula is C52H108O4Ti2. The molecule has 0 aliphatic heterocycles. The second kappa shape index (κ2) is 78.7. The maximum atomic E-state index is 10.2. The van der Waals surface area contributed by atoms with Crippen molar-refractivity contribution in [2.75, 3.05) is 26.4 Å². The predicted octanol–water partition coefficient (Wildman–Crippen LogP) is 14.6. The molecule has 58 heavy (non-hydrogen) atoms. The van der Waals surface area contributed by atoms with Gasteiger partial charge in [-0.3, -0.25) is 0 Å². The van der Waals surface area contributed by atoms with Gasteiger partial charge in [0.25, 0.3) is 0 Å². The summed E-state index contributed by atoms with van der Waals surface area (Å²) in [6.07, 6.45) is 57.8. The van der Waals surface area contributed by atoms with Crippen LogP contribution < -0.4 is 20.4 Å². The zero-order chi connectivity index (χ0) is 41.9. The molecule has 0 unspecified atom stereocenters. The van der Waals surface area contributed by atoms with Gasteiger partial charge in [-0.05, 0) is 0 Å². The summed E-state index contributed by atoms with van der Waals surface area (Å²) in [5, 5.41) is 40.7. The van der Waals surface area contributed by atoms with Crippen molar-refractivity contribution in [3.05, 3.63) is 0 Å². The Morgan fingerprint density at radius 2 is 0.241 bits per heavy atom. The Bertz CT molecular complexity index is 425.